The molecule has 0 saturated heterocycles. The first-order valence-corrected chi connectivity index (χ1v) is 9.48. The van der Waals surface area contributed by atoms with Crippen molar-refractivity contribution in [3.63, 3.8) is 0 Å². The van der Waals surface area contributed by atoms with E-state index >= 15 is 0 Å². The Morgan fingerprint density at radius 2 is 2.00 bits per heavy atom. The molecule has 2 aliphatic heterocycles. The molecule has 2 aromatic carbocycles. The number of amides is 1. The van der Waals surface area contributed by atoms with Gasteiger partial charge in [-0.05, 0) is 48.4 Å². The Bertz CT molecular complexity index is 1020. The maximum absolute atomic E-state index is 14.4. The standard InChI is InChI=1S/C20H14BrClFNO3/c1-10-2-4-12(7-15(10)22)24-17-9-27-20(26)19(17)14(8-18(24)25)13-6-11(21)3-5-16(13)23/h2-7,14H,8-9H2,1H3. The van der Waals surface area contributed by atoms with Crippen LogP contribution >= 0.6 is 27.5 Å². The van der Waals surface area contributed by atoms with Crippen LogP contribution in [0, 0.1) is 12.7 Å². The quantitative estimate of drug-likeness (QED) is 0.613. The third-order valence-electron chi connectivity index (χ3n) is 4.86. The van der Waals surface area contributed by atoms with Crippen molar-refractivity contribution in [3.05, 3.63) is 74.1 Å². The molecule has 0 spiro atoms. The molecule has 4 nitrogen and oxygen atoms in total. The fraction of sp³-hybridized carbons (Fsp3) is 0.200. The Balaban J connectivity index is 1.86. The average molecular weight is 451 g/mol. The van der Waals surface area contributed by atoms with E-state index < -0.39 is 17.7 Å². The van der Waals surface area contributed by atoms with E-state index in [4.69, 9.17) is 16.3 Å². The molecule has 0 saturated carbocycles. The third-order valence-corrected chi connectivity index (χ3v) is 5.76. The number of carbonyl (C=O) groups excluding carboxylic acids is 2. The Labute approximate surface area is 168 Å². The van der Waals surface area contributed by atoms with Crippen molar-refractivity contribution < 1.29 is 18.7 Å². The van der Waals surface area contributed by atoms with Gasteiger partial charge < -0.3 is 4.74 Å². The molecule has 2 aromatic rings. The molecule has 1 amide bonds. The van der Waals surface area contributed by atoms with Gasteiger partial charge in [0.1, 0.15) is 12.4 Å². The number of esters is 1. The van der Waals surface area contributed by atoms with Crippen molar-refractivity contribution >= 4 is 45.1 Å². The van der Waals surface area contributed by atoms with Gasteiger partial charge in [-0.3, -0.25) is 9.69 Å². The van der Waals surface area contributed by atoms with Gasteiger partial charge in [-0.15, -0.1) is 0 Å². The highest BCUT2D eigenvalue weighted by atomic mass is 79.9. The van der Waals surface area contributed by atoms with Crippen LogP contribution in [0.2, 0.25) is 5.02 Å². The molecule has 0 fully saturated rings. The Morgan fingerprint density at radius 1 is 1.22 bits per heavy atom. The lowest BCUT2D eigenvalue weighted by Crippen LogP contribution is -2.37. The van der Waals surface area contributed by atoms with Gasteiger partial charge in [0, 0.05) is 21.8 Å². The molecular weight excluding hydrogens is 437 g/mol. The number of hydrogen-bond donors (Lipinski definition) is 0. The normalized spacial score (nSPS) is 19.4. The van der Waals surface area contributed by atoms with Crippen LogP contribution in [0.4, 0.5) is 10.1 Å². The number of anilines is 1. The number of carbonyl (C=O) groups is 2. The van der Waals surface area contributed by atoms with Gasteiger partial charge in [0.05, 0.1) is 17.0 Å². The fourth-order valence-electron chi connectivity index (χ4n) is 3.52. The second-order valence-electron chi connectivity index (χ2n) is 6.52. The maximum atomic E-state index is 14.4. The summed E-state index contributed by atoms with van der Waals surface area (Å²) in [5.41, 5.74) is 2.51. The van der Waals surface area contributed by atoms with Crippen LogP contribution in [0.15, 0.2) is 52.1 Å². The minimum absolute atomic E-state index is 0.0302. The lowest BCUT2D eigenvalue weighted by Gasteiger charge is -2.32. The first-order valence-electron chi connectivity index (χ1n) is 8.31. The minimum Gasteiger partial charge on any atom is -0.456 e. The predicted octanol–water partition coefficient (Wildman–Crippen LogP) is 4.88. The van der Waals surface area contributed by atoms with Crippen LogP contribution in [0.1, 0.15) is 23.5 Å². The van der Waals surface area contributed by atoms with Gasteiger partial charge in [-0.1, -0.05) is 33.6 Å². The van der Waals surface area contributed by atoms with E-state index in [-0.39, 0.29) is 18.9 Å². The summed E-state index contributed by atoms with van der Waals surface area (Å²) >= 11 is 9.53. The summed E-state index contributed by atoms with van der Waals surface area (Å²) in [5, 5.41) is 0.521. The molecule has 2 aliphatic rings. The van der Waals surface area contributed by atoms with Crippen LogP contribution in [0.5, 0.6) is 0 Å². The number of halogens is 3. The van der Waals surface area contributed by atoms with Crippen molar-refractivity contribution in [1.82, 2.24) is 0 Å². The molecule has 4 rings (SSSR count). The van der Waals surface area contributed by atoms with E-state index in [1.807, 2.05) is 13.0 Å². The number of hydrogen-bond acceptors (Lipinski definition) is 3. The number of benzene rings is 2. The number of rotatable bonds is 2. The van der Waals surface area contributed by atoms with Crippen molar-refractivity contribution in [2.75, 3.05) is 11.5 Å². The predicted molar refractivity (Wildman–Crippen MR) is 103 cm³/mol. The van der Waals surface area contributed by atoms with Gasteiger partial charge in [-0.25, -0.2) is 9.18 Å². The van der Waals surface area contributed by atoms with Crippen LogP contribution in [-0.4, -0.2) is 18.5 Å². The van der Waals surface area contributed by atoms with Gasteiger partial charge >= 0.3 is 5.97 Å². The first kappa shape index (κ1) is 18.2. The molecule has 1 atom stereocenters. The average Bonchev–Trinajstić information content (AvgIpc) is 3.01. The van der Waals surface area contributed by atoms with E-state index in [2.05, 4.69) is 15.9 Å². The smallest absolute Gasteiger partial charge is 0.336 e. The molecule has 0 aromatic heterocycles. The van der Waals surface area contributed by atoms with E-state index in [0.717, 1.165) is 5.56 Å². The van der Waals surface area contributed by atoms with Crippen LogP contribution in [0.25, 0.3) is 0 Å². The number of nitrogens with zero attached hydrogens (tertiary/aromatic N) is 1. The molecule has 0 aliphatic carbocycles. The number of cyclic esters (lactones) is 1. The van der Waals surface area contributed by atoms with E-state index in [0.29, 0.717) is 32.0 Å². The zero-order chi connectivity index (χ0) is 19.3. The van der Waals surface area contributed by atoms with Crippen LogP contribution < -0.4 is 4.90 Å². The topological polar surface area (TPSA) is 46.6 Å². The van der Waals surface area contributed by atoms with Crippen molar-refractivity contribution in [2.45, 2.75) is 19.3 Å². The molecule has 7 heteroatoms. The highest BCUT2D eigenvalue weighted by Crippen LogP contribution is 2.43. The molecule has 1 unspecified atom stereocenters. The van der Waals surface area contributed by atoms with Crippen molar-refractivity contribution in [3.8, 4) is 0 Å². The van der Waals surface area contributed by atoms with E-state index in [1.54, 1.807) is 24.3 Å². The maximum Gasteiger partial charge on any atom is 0.336 e. The second-order valence-corrected chi connectivity index (χ2v) is 7.84. The van der Waals surface area contributed by atoms with E-state index in [9.17, 15) is 14.0 Å². The van der Waals surface area contributed by atoms with Gasteiger partial charge in [0.2, 0.25) is 5.91 Å². The highest BCUT2D eigenvalue weighted by molar-refractivity contribution is 9.10. The molecule has 2 heterocycles. The summed E-state index contributed by atoms with van der Waals surface area (Å²) < 4.78 is 20.3. The van der Waals surface area contributed by atoms with Crippen molar-refractivity contribution in [1.29, 1.82) is 0 Å². The SMILES string of the molecule is Cc1ccc(N2C(=O)CC(c3cc(Br)ccc3F)C3=C2COC3=O)cc1Cl. The molecule has 138 valence electrons. The zero-order valence-electron chi connectivity index (χ0n) is 14.3. The van der Waals surface area contributed by atoms with E-state index in [1.165, 1.54) is 11.0 Å². The van der Waals surface area contributed by atoms with Crippen molar-refractivity contribution in [2.24, 2.45) is 0 Å². The lowest BCUT2D eigenvalue weighted by molar-refractivity contribution is -0.136. The lowest BCUT2D eigenvalue weighted by atomic mass is 9.84. The second kappa shape index (κ2) is 6.77. The minimum atomic E-state index is -0.683. The van der Waals surface area contributed by atoms with Crippen LogP contribution in [-0.2, 0) is 14.3 Å². The zero-order valence-corrected chi connectivity index (χ0v) is 16.6. The summed E-state index contributed by atoms with van der Waals surface area (Å²) in [4.78, 5) is 26.8. The molecule has 0 N–H and O–H groups in total. The molecule has 0 radical (unpaired) electrons. The summed E-state index contributed by atoms with van der Waals surface area (Å²) in [5.74, 6) is -1.91. The fourth-order valence-corrected chi connectivity index (χ4v) is 4.08. The molecular formula is C20H14BrClFNO3. The van der Waals surface area contributed by atoms with Gasteiger partial charge in [0.25, 0.3) is 0 Å². The summed E-state index contributed by atoms with van der Waals surface area (Å²) in [6, 6.07) is 9.75. The first-order chi connectivity index (χ1) is 12.9. The van der Waals surface area contributed by atoms with Gasteiger partial charge in [-0.2, -0.15) is 0 Å². The monoisotopic (exact) mass is 449 g/mol. The largest absolute Gasteiger partial charge is 0.456 e. The van der Waals surface area contributed by atoms with Crippen LogP contribution in [0.3, 0.4) is 0 Å². The van der Waals surface area contributed by atoms with Gasteiger partial charge in [0.15, 0.2) is 0 Å². The number of aryl methyl sites for hydroxylation is 1. The summed E-state index contributed by atoms with van der Waals surface area (Å²) in [6.45, 7) is 1.83. The molecule has 0 bridgehead atoms. The Kier molecular flexibility index (Phi) is 4.56. The summed E-state index contributed by atoms with van der Waals surface area (Å²) in [7, 11) is 0. The third kappa shape index (κ3) is 3.07. The molecule has 27 heavy (non-hydrogen) atoms. The number of ether oxygens (including phenoxy) is 1. The Morgan fingerprint density at radius 3 is 2.74 bits per heavy atom. The summed E-state index contributed by atoms with van der Waals surface area (Å²) in [6.07, 6.45) is -0.0349. The Hall–Kier alpha value is -2.18. The highest BCUT2D eigenvalue weighted by Gasteiger charge is 2.43.